The standard InChI is InChI=1S/C9H5BrN2O2S/c10-8-2-1-7(15-8)5-3-12-6(4-11-5)9(13)14/h1-4H,(H,13,14). The lowest BCUT2D eigenvalue weighted by atomic mass is 10.3. The van der Waals surface area contributed by atoms with Crippen molar-refractivity contribution in [2.75, 3.05) is 0 Å². The Morgan fingerprint density at radius 3 is 2.60 bits per heavy atom. The van der Waals surface area contributed by atoms with Crippen molar-refractivity contribution in [2.45, 2.75) is 0 Å². The second-order valence-electron chi connectivity index (χ2n) is 2.70. The van der Waals surface area contributed by atoms with Gasteiger partial charge in [-0.1, -0.05) is 0 Å². The molecule has 0 aliphatic carbocycles. The Morgan fingerprint density at radius 1 is 1.33 bits per heavy atom. The smallest absolute Gasteiger partial charge is 0.356 e. The van der Waals surface area contributed by atoms with Crippen molar-refractivity contribution in [3.63, 3.8) is 0 Å². The van der Waals surface area contributed by atoms with E-state index in [2.05, 4.69) is 25.9 Å². The first-order valence-corrected chi connectivity index (χ1v) is 5.59. The molecule has 2 heterocycles. The number of carboxylic acid groups (broad SMARTS) is 1. The van der Waals surface area contributed by atoms with Crippen molar-refractivity contribution in [1.29, 1.82) is 0 Å². The minimum Gasteiger partial charge on any atom is -0.476 e. The molecule has 2 rings (SSSR count). The fourth-order valence-corrected chi connectivity index (χ4v) is 2.37. The maximum absolute atomic E-state index is 10.5. The van der Waals surface area contributed by atoms with Crippen LogP contribution in [0.4, 0.5) is 0 Å². The first-order valence-electron chi connectivity index (χ1n) is 3.98. The lowest BCUT2D eigenvalue weighted by Gasteiger charge is -1.96. The third-order valence-electron chi connectivity index (χ3n) is 1.70. The van der Waals surface area contributed by atoms with Crippen LogP contribution in [-0.4, -0.2) is 21.0 Å². The molecule has 2 aromatic rings. The van der Waals surface area contributed by atoms with Crippen molar-refractivity contribution in [3.8, 4) is 10.6 Å². The number of hydrogen-bond acceptors (Lipinski definition) is 4. The molecule has 0 saturated carbocycles. The van der Waals surface area contributed by atoms with Crippen LogP contribution in [0, 0.1) is 0 Å². The van der Waals surface area contributed by atoms with Crippen LogP contribution in [0.2, 0.25) is 0 Å². The molecule has 15 heavy (non-hydrogen) atoms. The fourth-order valence-electron chi connectivity index (χ4n) is 1.02. The predicted molar refractivity (Wildman–Crippen MR) is 60.0 cm³/mol. The Morgan fingerprint density at radius 2 is 2.13 bits per heavy atom. The number of nitrogens with zero attached hydrogens (tertiary/aromatic N) is 2. The molecule has 2 aromatic heterocycles. The van der Waals surface area contributed by atoms with Gasteiger partial charge in [-0.2, -0.15) is 0 Å². The monoisotopic (exact) mass is 284 g/mol. The van der Waals surface area contributed by atoms with Crippen LogP contribution in [0.3, 0.4) is 0 Å². The Labute approximate surface area is 97.8 Å². The molecule has 0 bridgehead atoms. The summed E-state index contributed by atoms with van der Waals surface area (Å²) in [7, 11) is 0. The Bertz CT molecular complexity index is 495. The van der Waals surface area contributed by atoms with Crippen LogP contribution < -0.4 is 0 Å². The summed E-state index contributed by atoms with van der Waals surface area (Å²) in [6.07, 6.45) is 2.72. The summed E-state index contributed by atoms with van der Waals surface area (Å²) in [5, 5.41) is 8.64. The van der Waals surface area contributed by atoms with Gasteiger partial charge in [0.05, 0.1) is 26.8 Å². The first kappa shape index (κ1) is 10.3. The van der Waals surface area contributed by atoms with Crippen LogP contribution in [0.1, 0.15) is 10.5 Å². The molecular weight excluding hydrogens is 280 g/mol. The number of aromatic carboxylic acids is 1. The van der Waals surface area contributed by atoms with E-state index in [1.807, 2.05) is 12.1 Å². The number of thiophene rings is 1. The van der Waals surface area contributed by atoms with E-state index in [0.717, 1.165) is 8.66 Å². The molecule has 0 aliphatic heterocycles. The zero-order valence-corrected chi connectivity index (χ0v) is 9.75. The molecule has 6 heteroatoms. The summed E-state index contributed by atoms with van der Waals surface area (Å²) in [5.74, 6) is -1.07. The van der Waals surface area contributed by atoms with Crippen molar-refractivity contribution >= 4 is 33.2 Å². The molecule has 0 fully saturated rings. The molecule has 0 unspecified atom stereocenters. The van der Waals surface area contributed by atoms with Crippen molar-refractivity contribution in [2.24, 2.45) is 0 Å². The molecule has 1 N–H and O–H groups in total. The highest BCUT2D eigenvalue weighted by molar-refractivity contribution is 9.11. The van der Waals surface area contributed by atoms with Gasteiger partial charge >= 0.3 is 5.97 Å². The lowest BCUT2D eigenvalue weighted by Crippen LogP contribution is -2.00. The predicted octanol–water partition coefficient (Wildman–Crippen LogP) is 2.67. The van der Waals surface area contributed by atoms with E-state index in [1.54, 1.807) is 0 Å². The fraction of sp³-hybridized carbons (Fsp3) is 0. The van der Waals surface area contributed by atoms with Gasteiger partial charge in [-0.3, -0.25) is 4.98 Å². The maximum Gasteiger partial charge on any atom is 0.356 e. The second-order valence-corrected chi connectivity index (χ2v) is 5.16. The molecule has 0 radical (unpaired) electrons. The average Bonchev–Trinajstić information content (AvgIpc) is 2.65. The van der Waals surface area contributed by atoms with Crippen molar-refractivity contribution in [3.05, 3.63) is 34.0 Å². The highest BCUT2D eigenvalue weighted by atomic mass is 79.9. The molecule has 0 aliphatic rings. The quantitative estimate of drug-likeness (QED) is 0.921. The molecule has 0 spiro atoms. The second kappa shape index (κ2) is 4.08. The van der Waals surface area contributed by atoms with Gasteiger partial charge in [-0.05, 0) is 28.1 Å². The SMILES string of the molecule is O=C(O)c1cnc(-c2ccc(Br)s2)cn1. The van der Waals surface area contributed by atoms with Gasteiger partial charge < -0.3 is 5.11 Å². The molecule has 76 valence electrons. The third-order valence-corrected chi connectivity index (χ3v) is 3.34. The topological polar surface area (TPSA) is 63.1 Å². The number of rotatable bonds is 2. The van der Waals surface area contributed by atoms with Crippen LogP contribution in [0.15, 0.2) is 28.3 Å². The van der Waals surface area contributed by atoms with E-state index in [0.29, 0.717) is 5.69 Å². The molecule has 0 aromatic carbocycles. The van der Waals surface area contributed by atoms with Crippen LogP contribution in [-0.2, 0) is 0 Å². The first-order chi connectivity index (χ1) is 7.16. The molecular formula is C9H5BrN2O2S. The van der Waals surface area contributed by atoms with Crippen LogP contribution in [0.5, 0.6) is 0 Å². The number of halogens is 1. The van der Waals surface area contributed by atoms with Crippen molar-refractivity contribution in [1.82, 2.24) is 9.97 Å². The summed E-state index contributed by atoms with van der Waals surface area (Å²) in [4.78, 5) is 19.3. The molecule has 0 amide bonds. The summed E-state index contributed by atoms with van der Waals surface area (Å²) in [5.41, 5.74) is 0.630. The van der Waals surface area contributed by atoms with Gasteiger partial charge in [0, 0.05) is 0 Å². The van der Waals surface area contributed by atoms with Crippen molar-refractivity contribution < 1.29 is 9.90 Å². The molecule has 4 nitrogen and oxygen atoms in total. The van der Waals surface area contributed by atoms with Gasteiger partial charge in [0.15, 0.2) is 5.69 Å². The van der Waals surface area contributed by atoms with Gasteiger partial charge in [0.25, 0.3) is 0 Å². The summed E-state index contributed by atoms with van der Waals surface area (Å²) < 4.78 is 1.00. The largest absolute Gasteiger partial charge is 0.476 e. The highest BCUT2D eigenvalue weighted by Gasteiger charge is 2.07. The van der Waals surface area contributed by atoms with E-state index >= 15 is 0 Å². The molecule has 0 atom stereocenters. The zero-order valence-electron chi connectivity index (χ0n) is 7.35. The Balaban J connectivity index is 2.35. The van der Waals surface area contributed by atoms with E-state index in [-0.39, 0.29) is 5.69 Å². The number of hydrogen-bond donors (Lipinski definition) is 1. The normalized spacial score (nSPS) is 10.2. The van der Waals surface area contributed by atoms with Crippen LogP contribution in [0.25, 0.3) is 10.6 Å². The summed E-state index contributed by atoms with van der Waals surface area (Å²) in [6.45, 7) is 0. The lowest BCUT2D eigenvalue weighted by molar-refractivity contribution is 0.0690. The number of aromatic nitrogens is 2. The van der Waals surface area contributed by atoms with Gasteiger partial charge in [0.2, 0.25) is 0 Å². The third kappa shape index (κ3) is 2.21. The van der Waals surface area contributed by atoms with E-state index in [9.17, 15) is 4.79 Å². The van der Waals surface area contributed by atoms with Gasteiger partial charge in [0.1, 0.15) is 0 Å². The Kier molecular flexibility index (Phi) is 2.79. The van der Waals surface area contributed by atoms with Crippen LogP contribution >= 0.6 is 27.3 Å². The van der Waals surface area contributed by atoms with E-state index < -0.39 is 5.97 Å². The Hall–Kier alpha value is -1.27. The van der Waals surface area contributed by atoms with Gasteiger partial charge in [-0.25, -0.2) is 9.78 Å². The minimum absolute atomic E-state index is 0.0469. The zero-order chi connectivity index (χ0) is 10.8. The number of carbonyl (C=O) groups is 1. The number of carboxylic acids is 1. The van der Waals surface area contributed by atoms with Gasteiger partial charge in [-0.15, -0.1) is 11.3 Å². The summed E-state index contributed by atoms with van der Waals surface area (Å²) in [6, 6.07) is 3.81. The van der Waals surface area contributed by atoms with E-state index in [1.165, 1.54) is 23.7 Å². The average molecular weight is 285 g/mol. The highest BCUT2D eigenvalue weighted by Crippen LogP contribution is 2.29. The van der Waals surface area contributed by atoms with E-state index in [4.69, 9.17) is 5.11 Å². The molecule has 0 saturated heterocycles. The summed E-state index contributed by atoms with van der Waals surface area (Å²) >= 11 is 4.87. The maximum atomic E-state index is 10.5. The minimum atomic E-state index is -1.07.